The third-order valence-corrected chi connectivity index (χ3v) is 4.70. The van der Waals surface area contributed by atoms with Gasteiger partial charge in [-0.3, -0.25) is 14.8 Å². The number of aliphatic hydroxyl groups is 1. The second-order valence-electron chi connectivity index (χ2n) is 6.74. The molecule has 1 saturated heterocycles. The molecule has 3 rings (SSSR count). The summed E-state index contributed by atoms with van der Waals surface area (Å²) in [4.78, 5) is 24.6. The smallest absolute Gasteiger partial charge is 0.222 e. The van der Waals surface area contributed by atoms with Crippen molar-refractivity contribution in [3.8, 4) is 0 Å². The highest BCUT2D eigenvalue weighted by Gasteiger charge is 2.38. The number of pyridine rings is 2. The number of hydrogen-bond acceptors (Lipinski definition) is 6. The molecule has 0 bridgehead atoms. The molecule has 3 N–H and O–H groups in total. The van der Waals surface area contributed by atoms with Gasteiger partial charge in [0, 0.05) is 39.0 Å². The van der Waals surface area contributed by atoms with Gasteiger partial charge in [-0.15, -0.1) is 0 Å². The summed E-state index contributed by atoms with van der Waals surface area (Å²) in [5.74, 6) is 0.0216. The lowest BCUT2D eigenvalue weighted by molar-refractivity contribution is -0.132. The van der Waals surface area contributed by atoms with Gasteiger partial charge >= 0.3 is 0 Å². The van der Waals surface area contributed by atoms with E-state index in [0.29, 0.717) is 38.9 Å². The summed E-state index contributed by atoms with van der Waals surface area (Å²) in [6, 6.07) is 5.72. The highest BCUT2D eigenvalue weighted by Crippen LogP contribution is 2.31. The predicted molar refractivity (Wildman–Crippen MR) is 97.2 cm³/mol. The maximum Gasteiger partial charge on any atom is 0.222 e. The molecular weight excluding hydrogens is 318 g/mol. The number of hydrogen-bond donors (Lipinski definition) is 2. The van der Waals surface area contributed by atoms with Crippen LogP contribution in [0.1, 0.15) is 19.3 Å². The first kappa shape index (κ1) is 17.6. The normalized spacial score (nSPS) is 20.2. The molecular formula is C18H25N5O2. The first-order valence-electron chi connectivity index (χ1n) is 8.63. The molecule has 1 aliphatic rings. The van der Waals surface area contributed by atoms with Crippen molar-refractivity contribution in [2.24, 2.45) is 5.73 Å². The van der Waals surface area contributed by atoms with Crippen molar-refractivity contribution < 1.29 is 9.90 Å². The Morgan fingerprint density at radius 1 is 1.40 bits per heavy atom. The van der Waals surface area contributed by atoms with E-state index >= 15 is 0 Å². The third kappa shape index (κ3) is 3.88. The monoisotopic (exact) mass is 343 g/mol. The standard InChI is InChI=1S/C18H25N5O2/c1-22(16(24)5-2-8-19)12-18(25)7-11-23(13-18)15-6-10-20-14-4-3-9-21-17(14)15/h3-4,6,9-10,25H,2,5,7-8,11-13,19H2,1H3/t18-/m0/s1. The van der Waals surface area contributed by atoms with Gasteiger partial charge in [0.2, 0.25) is 5.91 Å². The minimum Gasteiger partial charge on any atom is -0.386 e. The van der Waals surface area contributed by atoms with E-state index in [1.54, 1.807) is 24.3 Å². The maximum atomic E-state index is 12.1. The number of amides is 1. The summed E-state index contributed by atoms with van der Waals surface area (Å²) in [7, 11) is 1.74. The zero-order valence-electron chi connectivity index (χ0n) is 14.6. The number of carbonyl (C=O) groups is 1. The van der Waals surface area contributed by atoms with Gasteiger partial charge in [0.25, 0.3) is 0 Å². The van der Waals surface area contributed by atoms with E-state index in [-0.39, 0.29) is 5.91 Å². The summed E-state index contributed by atoms with van der Waals surface area (Å²) in [6.07, 6.45) is 5.21. The Morgan fingerprint density at radius 2 is 2.24 bits per heavy atom. The largest absolute Gasteiger partial charge is 0.386 e. The van der Waals surface area contributed by atoms with Gasteiger partial charge in [0.1, 0.15) is 11.1 Å². The molecule has 0 radical (unpaired) electrons. The van der Waals surface area contributed by atoms with Gasteiger partial charge < -0.3 is 20.6 Å². The molecule has 2 aromatic heterocycles. The Kier molecular flexibility index (Phi) is 5.15. The summed E-state index contributed by atoms with van der Waals surface area (Å²) in [6.45, 7) is 2.01. The van der Waals surface area contributed by atoms with Gasteiger partial charge in [0.05, 0.1) is 17.7 Å². The Hall–Kier alpha value is -2.25. The van der Waals surface area contributed by atoms with Gasteiger partial charge in [-0.25, -0.2) is 0 Å². The molecule has 0 spiro atoms. The minimum atomic E-state index is -0.919. The number of rotatable bonds is 6. The Morgan fingerprint density at radius 3 is 3.04 bits per heavy atom. The number of carbonyl (C=O) groups excluding carboxylic acids is 1. The molecule has 7 heteroatoms. The molecule has 1 fully saturated rings. The summed E-state index contributed by atoms with van der Waals surface area (Å²) in [5, 5.41) is 10.9. The van der Waals surface area contributed by atoms with Crippen molar-refractivity contribution in [1.29, 1.82) is 0 Å². The molecule has 2 aromatic rings. The first-order valence-corrected chi connectivity index (χ1v) is 8.63. The number of nitrogens with two attached hydrogens (primary N) is 1. The summed E-state index contributed by atoms with van der Waals surface area (Å²) >= 11 is 0. The highest BCUT2D eigenvalue weighted by atomic mass is 16.3. The molecule has 1 amide bonds. The van der Waals surface area contributed by atoms with Crippen molar-refractivity contribution in [1.82, 2.24) is 14.9 Å². The Labute approximate surface area is 147 Å². The van der Waals surface area contributed by atoms with Gasteiger partial charge in [0.15, 0.2) is 0 Å². The van der Waals surface area contributed by atoms with Crippen LogP contribution >= 0.6 is 0 Å². The zero-order chi connectivity index (χ0) is 17.9. The number of β-amino-alcohol motifs (C(OH)–C–C–N with tert-alkyl or cyclic N) is 1. The Balaban J connectivity index is 1.71. The van der Waals surface area contributed by atoms with Crippen molar-refractivity contribution >= 4 is 22.6 Å². The molecule has 134 valence electrons. The second kappa shape index (κ2) is 7.33. The number of nitrogens with zero attached hydrogens (tertiary/aromatic N) is 4. The lowest BCUT2D eigenvalue weighted by atomic mass is 10.0. The van der Waals surface area contributed by atoms with Crippen LogP contribution in [0.5, 0.6) is 0 Å². The SMILES string of the molecule is CN(C[C@@]1(O)CCN(c2ccnc3cccnc23)C1)C(=O)CCCN. The van der Waals surface area contributed by atoms with Crippen molar-refractivity contribution in [3.05, 3.63) is 30.6 Å². The van der Waals surface area contributed by atoms with Crippen LogP contribution in [0.25, 0.3) is 11.0 Å². The van der Waals surface area contributed by atoms with Crippen LogP contribution in [0.15, 0.2) is 30.6 Å². The molecule has 0 aromatic carbocycles. The van der Waals surface area contributed by atoms with Crippen LogP contribution in [-0.4, -0.2) is 64.7 Å². The predicted octanol–water partition coefficient (Wildman–Crippen LogP) is 0.768. The molecule has 3 heterocycles. The average Bonchev–Trinajstić information content (AvgIpc) is 3.00. The first-order chi connectivity index (χ1) is 12.0. The lowest BCUT2D eigenvalue weighted by Crippen LogP contribution is -2.45. The van der Waals surface area contributed by atoms with Crippen LogP contribution in [0.4, 0.5) is 5.69 Å². The fraction of sp³-hybridized carbons (Fsp3) is 0.500. The maximum absolute atomic E-state index is 12.1. The van der Waals surface area contributed by atoms with E-state index in [4.69, 9.17) is 5.73 Å². The van der Waals surface area contributed by atoms with Gasteiger partial charge in [-0.05, 0) is 37.6 Å². The van der Waals surface area contributed by atoms with Crippen LogP contribution in [0, 0.1) is 0 Å². The fourth-order valence-electron chi connectivity index (χ4n) is 3.39. The topological polar surface area (TPSA) is 95.6 Å². The van der Waals surface area contributed by atoms with Crippen LogP contribution in [0.2, 0.25) is 0 Å². The van der Waals surface area contributed by atoms with Gasteiger partial charge in [-0.1, -0.05) is 0 Å². The van der Waals surface area contributed by atoms with E-state index < -0.39 is 5.60 Å². The quantitative estimate of drug-likeness (QED) is 0.804. The Bertz CT molecular complexity index is 748. The minimum absolute atomic E-state index is 0.0216. The van der Waals surface area contributed by atoms with E-state index in [1.807, 2.05) is 18.2 Å². The van der Waals surface area contributed by atoms with Crippen LogP contribution < -0.4 is 10.6 Å². The molecule has 1 atom stereocenters. The molecule has 0 aliphatic carbocycles. The van der Waals surface area contributed by atoms with Crippen molar-refractivity contribution in [2.75, 3.05) is 38.1 Å². The van der Waals surface area contributed by atoms with Gasteiger partial charge in [-0.2, -0.15) is 0 Å². The third-order valence-electron chi connectivity index (χ3n) is 4.70. The second-order valence-corrected chi connectivity index (χ2v) is 6.74. The number of likely N-dealkylation sites (N-methyl/N-ethyl adjacent to an activating group) is 1. The highest BCUT2D eigenvalue weighted by molar-refractivity contribution is 5.87. The van der Waals surface area contributed by atoms with Crippen LogP contribution in [-0.2, 0) is 4.79 Å². The van der Waals surface area contributed by atoms with E-state index in [9.17, 15) is 9.90 Å². The van der Waals surface area contributed by atoms with Crippen molar-refractivity contribution in [3.63, 3.8) is 0 Å². The van der Waals surface area contributed by atoms with Crippen LogP contribution in [0.3, 0.4) is 0 Å². The molecule has 7 nitrogen and oxygen atoms in total. The molecule has 25 heavy (non-hydrogen) atoms. The van der Waals surface area contributed by atoms with E-state index in [0.717, 1.165) is 23.3 Å². The fourth-order valence-corrected chi connectivity index (χ4v) is 3.39. The summed E-state index contributed by atoms with van der Waals surface area (Å²) < 4.78 is 0. The molecule has 0 unspecified atom stereocenters. The zero-order valence-corrected chi connectivity index (χ0v) is 14.6. The molecule has 0 saturated carbocycles. The lowest BCUT2D eigenvalue weighted by Gasteiger charge is -2.29. The number of anilines is 1. The van der Waals surface area contributed by atoms with E-state index in [1.165, 1.54) is 0 Å². The number of aromatic nitrogens is 2. The summed E-state index contributed by atoms with van der Waals surface area (Å²) in [5.41, 5.74) is 7.18. The van der Waals surface area contributed by atoms with Crippen molar-refractivity contribution in [2.45, 2.75) is 24.9 Å². The molecule has 1 aliphatic heterocycles. The number of fused-ring (bicyclic) bond motifs is 1. The van der Waals surface area contributed by atoms with E-state index in [2.05, 4.69) is 14.9 Å². The average molecular weight is 343 g/mol.